The summed E-state index contributed by atoms with van der Waals surface area (Å²) >= 11 is 0. The predicted octanol–water partition coefficient (Wildman–Crippen LogP) is 3.26. The van der Waals surface area contributed by atoms with Crippen molar-refractivity contribution in [2.45, 2.75) is 78.0 Å². The largest absolute Gasteiger partial charge is 0.476 e. The van der Waals surface area contributed by atoms with Gasteiger partial charge < -0.3 is 29.6 Å². The zero-order chi connectivity index (χ0) is 25.2. The smallest absolute Gasteiger partial charge is 0.407 e. The summed E-state index contributed by atoms with van der Waals surface area (Å²) < 4.78 is 6.01. The molecule has 1 atom stereocenters. The Morgan fingerprint density at radius 1 is 1.26 bits per heavy atom. The number of piperidine rings is 1. The lowest BCUT2D eigenvalue weighted by Gasteiger charge is -2.41. The maximum absolute atomic E-state index is 13.8. The van der Waals surface area contributed by atoms with Gasteiger partial charge in [0.05, 0.1) is 11.7 Å². The third-order valence-corrected chi connectivity index (χ3v) is 6.59. The van der Waals surface area contributed by atoms with Crippen molar-refractivity contribution in [1.29, 1.82) is 0 Å². The van der Waals surface area contributed by atoms with Gasteiger partial charge in [-0.2, -0.15) is 0 Å². The third-order valence-electron chi connectivity index (χ3n) is 6.59. The number of hydrogen-bond acceptors (Lipinski definition) is 5. The van der Waals surface area contributed by atoms with Crippen molar-refractivity contribution in [2.24, 2.45) is 0 Å². The summed E-state index contributed by atoms with van der Waals surface area (Å²) in [4.78, 5) is 43.3. The summed E-state index contributed by atoms with van der Waals surface area (Å²) in [6, 6.07) is 3.19. The van der Waals surface area contributed by atoms with E-state index in [4.69, 9.17) is 4.74 Å². The Hall–Kier alpha value is -2.81. The maximum atomic E-state index is 13.8. The van der Waals surface area contributed by atoms with E-state index in [1.54, 1.807) is 35.8 Å². The number of rotatable bonds is 7. The lowest BCUT2D eigenvalue weighted by atomic mass is 9.97. The number of aliphatic hydroxyl groups excluding tert-OH is 1. The second-order valence-electron chi connectivity index (χ2n) is 9.97. The minimum atomic E-state index is -1.03. The summed E-state index contributed by atoms with van der Waals surface area (Å²) in [5.74, 6) is 0.180. The number of benzene rings is 1. The number of likely N-dealkylation sites (tertiary alicyclic amines) is 1. The van der Waals surface area contributed by atoms with Gasteiger partial charge in [0.15, 0.2) is 5.60 Å². The molecule has 1 fully saturated rings. The summed E-state index contributed by atoms with van der Waals surface area (Å²) in [5, 5.41) is 18.6. The van der Waals surface area contributed by atoms with Crippen LogP contribution in [0.1, 0.15) is 69.3 Å². The van der Waals surface area contributed by atoms with Crippen molar-refractivity contribution < 1.29 is 29.3 Å². The number of fused-ring (bicyclic) bond motifs is 1. The fraction of sp³-hybridized carbons (Fsp3) is 0.640. The summed E-state index contributed by atoms with van der Waals surface area (Å²) in [6.45, 7) is 10.4. The number of unbranched alkanes of at least 4 members (excludes halogenated alkanes) is 1. The topological polar surface area (TPSA) is 111 Å². The van der Waals surface area contributed by atoms with Crippen LogP contribution in [-0.4, -0.2) is 81.8 Å². The van der Waals surface area contributed by atoms with Crippen molar-refractivity contribution >= 4 is 23.6 Å². The fourth-order valence-electron chi connectivity index (χ4n) is 4.87. The third kappa shape index (κ3) is 5.14. The van der Waals surface area contributed by atoms with Crippen molar-refractivity contribution in [3.8, 4) is 5.75 Å². The number of amides is 3. The Balaban J connectivity index is 1.98. The molecule has 1 aromatic rings. The van der Waals surface area contributed by atoms with Gasteiger partial charge >= 0.3 is 6.09 Å². The number of carboxylic acid groups (broad SMARTS) is 1. The molecule has 188 valence electrons. The Labute approximate surface area is 201 Å². The van der Waals surface area contributed by atoms with Crippen LogP contribution in [-0.2, 0) is 4.79 Å². The van der Waals surface area contributed by atoms with Crippen LogP contribution in [0.5, 0.6) is 5.75 Å². The van der Waals surface area contributed by atoms with Gasteiger partial charge in [-0.3, -0.25) is 9.59 Å². The number of carbonyl (C=O) groups excluding carboxylic acids is 2. The van der Waals surface area contributed by atoms with Crippen molar-refractivity contribution in [1.82, 2.24) is 9.80 Å². The summed E-state index contributed by atoms with van der Waals surface area (Å²) in [6.07, 6.45) is 1.66. The highest BCUT2D eigenvalue weighted by molar-refractivity contribution is 6.05. The summed E-state index contributed by atoms with van der Waals surface area (Å²) in [5.41, 5.74) is 0.732. The SMILES string of the molecule is Cc1cc2c(cc1C(=O)N(C(C)C)[C@@H]1CCCN(C(=O)O)C1)N(CCCCO)C(=O)C(C)(C)O2. The monoisotopic (exact) mass is 475 g/mol. The molecule has 9 nitrogen and oxygen atoms in total. The molecular formula is C25H37N3O6. The lowest BCUT2D eigenvalue weighted by molar-refractivity contribution is -0.132. The molecule has 9 heteroatoms. The van der Waals surface area contributed by atoms with Gasteiger partial charge in [0, 0.05) is 37.8 Å². The number of nitrogens with zero attached hydrogens (tertiary/aromatic N) is 3. The van der Waals surface area contributed by atoms with Crippen LogP contribution in [0.3, 0.4) is 0 Å². The number of aliphatic hydroxyl groups is 1. The minimum absolute atomic E-state index is 0.0461. The van der Waals surface area contributed by atoms with Gasteiger partial charge in [-0.05, 0) is 78.0 Å². The summed E-state index contributed by atoms with van der Waals surface area (Å²) in [7, 11) is 0. The van der Waals surface area contributed by atoms with Crippen LogP contribution < -0.4 is 9.64 Å². The van der Waals surface area contributed by atoms with Crippen LogP contribution in [0.25, 0.3) is 0 Å². The van der Waals surface area contributed by atoms with Gasteiger partial charge in [0.25, 0.3) is 11.8 Å². The first-order valence-electron chi connectivity index (χ1n) is 12.0. The number of aryl methyl sites for hydroxylation is 1. The van der Waals surface area contributed by atoms with E-state index in [2.05, 4.69) is 0 Å². The molecule has 2 heterocycles. The average molecular weight is 476 g/mol. The van der Waals surface area contributed by atoms with E-state index in [1.165, 1.54) is 4.90 Å². The van der Waals surface area contributed by atoms with E-state index >= 15 is 0 Å². The molecule has 0 radical (unpaired) electrons. The number of hydrogen-bond donors (Lipinski definition) is 2. The first-order valence-corrected chi connectivity index (χ1v) is 12.0. The van der Waals surface area contributed by atoms with E-state index in [1.807, 2.05) is 20.8 Å². The van der Waals surface area contributed by atoms with E-state index in [0.717, 1.165) is 12.0 Å². The first-order chi connectivity index (χ1) is 16.0. The molecule has 1 aromatic carbocycles. The fourth-order valence-corrected chi connectivity index (χ4v) is 4.87. The van der Waals surface area contributed by atoms with Gasteiger partial charge in [-0.25, -0.2) is 4.79 Å². The molecule has 2 aliphatic heterocycles. The van der Waals surface area contributed by atoms with Crippen LogP contribution in [0.4, 0.5) is 10.5 Å². The van der Waals surface area contributed by atoms with E-state index in [9.17, 15) is 24.6 Å². The molecule has 3 amide bonds. The lowest BCUT2D eigenvalue weighted by Crippen LogP contribution is -2.54. The van der Waals surface area contributed by atoms with Crippen molar-refractivity contribution in [2.75, 3.05) is 31.1 Å². The van der Waals surface area contributed by atoms with E-state index in [-0.39, 0.29) is 37.0 Å². The zero-order valence-corrected chi connectivity index (χ0v) is 20.8. The molecule has 0 unspecified atom stereocenters. The number of carbonyl (C=O) groups is 3. The molecule has 2 aliphatic rings. The zero-order valence-electron chi connectivity index (χ0n) is 20.8. The van der Waals surface area contributed by atoms with Crippen LogP contribution >= 0.6 is 0 Å². The Kier molecular flexibility index (Phi) is 7.75. The van der Waals surface area contributed by atoms with Crippen molar-refractivity contribution in [3.05, 3.63) is 23.3 Å². The molecule has 2 N–H and O–H groups in total. The van der Waals surface area contributed by atoms with Gasteiger partial charge in [0.1, 0.15) is 5.75 Å². The Bertz CT molecular complexity index is 945. The predicted molar refractivity (Wildman–Crippen MR) is 128 cm³/mol. The molecule has 0 aliphatic carbocycles. The molecule has 0 spiro atoms. The highest BCUT2D eigenvalue weighted by atomic mass is 16.5. The Morgan fingerprint density at radius 2 is 1.97 bits per heavy atom. The number of anilines is 1. The second-order valence-corrected chi connectivity index (χ2v) is 9.97. The minimum Gasteiger partial charge on any atom is -0.476 e. The second kappa shape index (κ2) is 10.2. The van der Waals surface area contributed by atoms with Crippen LogP contribution in [0.15, 0.2) is 12.1 Å². The van der Waals surface area contributed by atoms with Gasteiger partial charge in [0.2, 0.25) is 0 Å². The average Bonchev–Trinajstić information content (AvgIpc) is 2.76. The van der Waals surface area contributed by atoms with Crippen LogP contribution in [0.2, 0.25) is 0 Å². The van der Waals surface area contributed by atoms with Gasteiger partial charge in [-0.1, -0.05) is 0 Å². The molecule has 1 saturated heterocycles. The first kappa shape index (κ1) is 25.8. The van der Waals surface area contributed by atoms with Gasteiger partial charge in [-0.15, -0.1) is 0 Å². The highest BCUT2D eigenvalue weighted by Gasteiger charge is 2.42. The maximum Gasteiger partial charge on any atom is 0.407 e. The van der Waals surface area contributed by atoms with Crippen LogP contribution in [0, 0.1) is 6.92 Å². The molecule has 3 rings (SSSR count). The molecular weight excluding hydrogens is 438 g/mol. The molecule has 0 saturated carbocycles. The standard InChI is InChI=1S/C25H37N3O6/c1-16(2)28(18-9-8-10-26(15-18)24(32)33)22(30)19-14-20-21(13-17(19)3)34-25(4,5)23(31)27(20)11-6-7-12-29/h13-14,16,18,29H,6-12,15H2,1-5H3,(H,32,33)/t18-/m1/s1. The molecule has 34 heavy (non-hydrogen) atoms. The van der Waals surface area contributed by atoms with E-state index in [0.29, 0.717) is 49.4 Å². The normalized spacial score (nSPS) is 19.6. The number of ether oxygens (including phenoxy) is 1. The highest BCUT2D eigenvalue weighted by Crippen LogP contribution is 2.40. The van der Waals surface area contributed by atoms with Crippen molar-refractivity contribution in [3.63, 3.8) is 0 Å². The quantitative estimate of drug-likeness (QED) is 0.586. The Morgan fingerprint density at radius 3 is 2.59 bits per heavy atom. The molecule has 0 bridgehead atoms. The van der Waals surface area contributed by atoms with E-state index < -0.39 is 11.7 Å². The molecule has 0 aromatic heterocycles.